The molecule has 0 aliphatic heterocycles. The third-order valence-electron chi connectivity index (χ3n) is 0.152. The van der Waals surface area contributed by atoms with Crippen molar-refractivity contribution in [2.45, 2.75) is 0 Å². The van der Waals surface area contributed by atoms with Crippen molar-refractivity contribution in [3.05, 3.63) is 12.8 Å². The summed E-state index contributed by atoms with van der Waals surface area (Å²) in [5.74, 6) is 0. The second-order valence-corrected chi connectivity index (χ2v) is 0.803. The summed E-state index contributed by atoms with van der Waals surface area (Å²) in [6, 6.07) is 0. The Morgan fingerprint density at radius 1 is 1.80 bits per heavy atom. The molecule has 0 aromatic carbocycles. The van der Waals surface area contributed by atoms with Gasteiger partial charge in [-0.15, -0.1) is 0 Å². The molecule has 0 atom stereocenters. The fourth-order valence-corrected chi connectivity index (χ4v) is 0.204. The quantitative estimate of drug-likeness (QED) is 0.384. The molecule has 0 N–H and O–H groups in total. The monoisotopic (exact) mass is 136 g/mol. The van der Waals surface area contributed by atoms with Crippen LogP contribution in [0.1, 0.15) is 0 Å². The Morgan fingerprint density at radius 3 is 2.40 bits per heavy atom. The van der Waals surface area contributed by atoms with E-state index < -0.39 is 0 Å². The molecule has 0 radical (unpaired) electrons. The molecular weight excluding hydrogens is 131 g/mol. The number of rotatable bonds is 2. The molecule has 2 heteroatoms. The molecule has 0 heterocycles. The van der Waals surface area contributed by atoms with Crippen LogP contribution in [0.15, 0.2) is 12.8 Å². The van der Waals surface area contributed by atoms with Crippen LogP contribution in [0.3, 0.4) is 0 Å². The van der Waals surface area contributed by atoms with Gasteiger partial charge in [-0.2, -0.15) is 0 Å². The maximum absolute atomic E-state index is 4.42. The summed E-state index contributed by atoms with van der Waals surface area (Å²) >= 11 is 2.53. The van der Waals surface area contributed by atoms with Gasteiger partial charge in [0.05, 0.1) is 0 Å². The molecule has 0 aliphatic carbocycles. The van der Waals surface area contributed by atoms with Gasteiger partial charge < -0.3 is 0 Å². The van der Waals surface area contributed by atoms with Crippen LogP contribution in [-0.2, 0) is 4.74 Å². The van der Waals surface area contributed by atoms with Crippen molar-refractivity contribution in [2.75, 3.05) is 0 Å². The van der Waals surface area contributed by atoms with Crippen LogP contribution < -0.4 is 0 Å². The van der Waals surface area contributed by atoms with Crippen LogP contribution in [0.4, 0.5) is 0 Å². The molecule has 0 saturated carbocycles. The number of ether oxygens (including phenoxy) is 1. The average Bonchev–Trinajstić information content (AvgIpc) is 1.41. The van der Waals surface area contributed by atoms with Gasteiger partial charge in [-0.25, -0.2) is 0 Å². The summed E-state index contributed by atoms with van der Waals surface area (Å²) in [6.07, 6.45) is 1.34. The van der Waals surface area contributed by atoms with Gasteiger partial charge in [0, 0.05) is 0 Å². The van der Waals surface area contributed by atoms with Crippen LogP contribution >= 0.6 is 0 Å². The second-order valence-electron chi connectivity index (χ2n) is 0.399. The van der Waals surface area contributed by atoms with Crippen LogP contribution in [0, 0.1) is 0 Å². The summed E-state index contributed by atoms with van der Waals surface area (Å²) in [4.78, 5) is 0. The summed E-state index contributed by atoms with van der Waals surface area (Å²) < 4.78 is 4.42. The van der Waals surface area contributed by atoms with Crippen LogP contribution in [0.5, 0.6) is 0 Å². The van der Waals surface area contributed by atoms with Gasteiger partial charge in [0.15, 0.2) is 0 Å². The Morgan fingerprint density at radius 2 is 2.40 bits per heavy atom. The molecule has 0 spiro atoms. The molecule has 0 bridgehead atoms. The molecule has 0 fully saturated rings. The fourth-order valence-electron chi connectivity index (χ4n) is 0.0393. The molecule has 0 rings (SSSR count). The molecule has 0 amide bonds. The zero-order valence-electron chi connectivity index (χ0n) is 2.68. The third kappa shape index (κ3) is 3.93. The molecule has 0 aromatic heterocycles. The van der Waals surface area contributed by atoms with Crippen molar-refractivity contribution >= 4 is 20.7 Å². The van der Waals surface area contributed by atoms with Crippen molar-refractivity contribution in [1.82, 2.24) is 0 Å². The molecule has 0 unspecified atom stereocenters. The molecule has 0 saturated heterocycles. The van der Waals surface area contributed by atoms with Crippen molar-refractivity contribution in [2.24, 2.45) is 0 Å². The maximum atomic E-state index is 4.42. The molecule has 0 aliphatic rings. The Labute approximate surface area is 39.0 Å². The van der Waals surface area contributed by atoms with E-state index >= 15 is 0 Å². The molecule has 5 heavy (non-hydrogen) atoms. The Balaban J connectivity index is 2.65. The summed E-state index contributed by atoms with van der Waals surface area (Å²) in [7, 11) is 0. The first-order chi connectivity index (χ1) is 2.41. The van der Waals surface area contributed by atoms with E-state index in [-0.39, 0.29) is 0 Å². The van der Waals surface area contributed by atoms with Gasteiger partial charge in [-0.3, -0.25) is 0 Å². The average molecular weight is 135 g/mol. The standard InChI is InChI=1S/C3H4OSe/c1-2-4-3-5/h2-3H,1H2. The van der Waals surface area contributed by atoms with Gasteiger partial charge in [-0.05, 0) is 0 Å². The van der Waals surface area contributed by atoms with E-state index in [1.165, 1.54) is 11.4 Å². The van der Waals surface area contributed by atoms with Crippen molar-refractivity contribution in [3.63, 3.8) is 0 Å². The minimum atomic E-state index is 1.34. The summed E-state index contributed by atoms with van der Waals surface area (Å²) in [5.41, 5.74) is 0. The van der Waals surface area contributed by atoms with Gasteiger partial charge >= 0.3 is 38.3 Å². The first kappa shape index (κ1) is 4.93. The second kappa shape index (κ2) is 3.93. The number of hydrogen-bond acceptors (Lipinski definition) is 1. The Kier molecular flexibility index (Phi) is 3.87. The first-order valence-corrected chi connectivity index (χ1v) is 2.10. The van der Waals surface area contributed by atoms with Gasteiger partial charge in [0.2, 0.25) is 0 Å². The zero-order valence-corrected chi connectivity index (χ0v) is 4.39. The topological polar surface area (TPSA) is 9.23 Å². The Bertz CT molecular complexity index is 36.2. The minimum absolute atomic E-state index is 1.34. The summed E-state index contributed by atoms with van der Waals surface area (Å²) in [6.45, 7) is 3.28. The number of hydrogen-bond donors (Lipinski definition) is 0. The van der Waals surface area contributed by atoms with Crippen molar-refractivity contribution < 1.29 is 4.74 Å². The van der Waals surface area contributed by atoms with Crippen LogP contribution in [0.25, 0.3) is 0 Å². The fraction of sp³-hybridized carbons (Fsp3) is 0. The normalized spacial score (nSPS) is 5.60. The van der Waals surface area contributed by atoms with Gasteiger partial charge in [-0.1, -0.05) is 0 Å². The van der Waals surface area contributed by atoms with E-state index in [4.69, 9.17) is 0 Å². The van der Waals surface area contributed by atoms with Gasteiger partial charge in [0.1, 0.15) is 0 Å². The summed E-state index contributed by atoms with van der Waals surface area (Å²) in [5, 5.41) is 1.44. The third-order valence-corrected chi connectivity index (χ3v) is 0.385. The van der Waals surface area contributed by atoms with E-state index in [1.54, 1.807) is 0 Å². The van der Waals surface area contributed by atoms with E-state index in [9.17, 15) is 0 Å². The molecule has 0 aromatic rings. The first-order valence-electron chi connectivity index (χ1n) is 1.12. The van der Waals surface area contributed by atoms with Crippen LogP contribution in [0.2, 0.25) is 0 Å². The van der Waals surface area contributed by atoms with Crippen molar-refractivity contribution in [3.8, 4) is 0 Å². The van der Waals surface area contributed by atoms with E-state index in [1.807, 2.05) is 0 Å². The molecule has 28 valence electrons. The van der Waals surface area contributed by atoms with Crippen LogP contribution in [-0.4, -0.2) is 20.7 Å². The molecule has 1 nitrogen and oxygen atoms in total. The molecular formula is C3H4OSe. The predicted octanol–water partition coefficient (Wildman–Crippen LogP) is 0.0747. The zero-order chi connectivity index (χ0) is 4.12. The predicted molar refractivity (Wildman–Crippen MR) is 23.1 cm³/mol. The van der Waals surface area contributed by atoms with E-state index in [0.29, 0.717) is 0 Å². The van der Waals surface area contributed by atoms with Gasteiger partial charge in [0.25, 0.3) is 0 Å². The van der Waals surface area contributed by atoms with Crippen molar-refractivity contribution in [1.29, 1.82) is 0 Å². The SMILES string of the molecule is C=COC=[Se]. The van der Waals surface area contributed by atoms with E-state index in [2.05, 4.69) is 26.9 Å². The Hall–Kier alpha value is -0.0705. The van der Waals surface area contributed by atoms with E-state index in [0.717, 1.165) is 0 Å².